The maximum atomic E-state index is 12.0. The van der Waals surface area contributed by atoms with Gasteiger partial charge in [0.2, 0.25) is 0 Å². The van der Waals surface area contributed by atoms with Crippen LogP contribution in [0.3, 0.4) is 0 Å². The number of hydrogen-bond acceptors (Lipinski definition) is 4. The average molecular weight is 313 g/mol. The van der Waals surface area contributed by atoms with Gasteiger partial charge in [-0.3, -0.25) is 0 Å². The lowest BCUT2D eigenvalue weighted by atomic mass is 9.84. The quantitative estimate of drug-likeness (QED) is 0.234. The van der Waals surface area contributed by atoms with Crippen LogP contribution in [0.4, 0.5) is 0 Å². The second-order valence-electron chi connectivity index (χ2n) is 6.69. The van der Waals surface area contributed by atoms with Gasteiger partial charge in [-0.25, -0.2) is 4.79 Å². The molecule has 1 rings (SSSR count). The third kappa shape index (κ3) is 6.50. The summed E-state index contributed by atoms with van der Waals surface area (Å²) in [4.78, 5) is 15.0. The number of hydrogen-bond donors (Lipinski definition) is 0. The molecule has 0 heterocycles. The van der Waals surface area contributed by atoms with E-state index in [1.807, 2.05) is 19.6 Å². The van der Waals surface area contributed by atoms with Gasteiger partial charge in [-0.2, -0.15) is 0 Å². The van der Waals surface area contributed by atoms with Crippen molar-refractivity contribution in [2.45, 2.75) is 70.3 Å². The highest BCUT2D eigenvalue weighted by Crippen LogP contribution is 2.30. The first kappa shape index (κ1) is 18.0. The van der Waals surface area contributed by atoms with E-state index in [9.17, 15) is 4.79 Å². The topological polar surface area (TPSA) is 84.3 Å². The molecule has 1 saturated carbocycles. The van der Waals surface area contributed by atoms with Crippen molar-refractivity contribution in [3.8, 4) is 0 Å². The Morgan fingerprint density at radius 3 is 2.43 bits per heavy atom. The third-order valence-electron chi connectivity index (χ3n) is 3.76. The first-order valence-electron chi connectivity index (χ1n) is 7.67. The molecule has 2 atom stereocenters. The molecule has 0 saturated heterocycles. The Balaban J connectivity index is 2.84. The standard InChI is InChI=1S/C14H27N3O3Si/c1-19-14(18)13(20-21(2,3)4)12(16-17-15)10-11-8-6-5-7-9-11/h11-13H,5-10H2,1-4H3/t12-,13-/m0/s1. The van der Waals surface area contributed by atoms with Crippen LogP contribution in [-0.2, 0) is 14.0 Å². The van der Waals surface area contributed by atoms with Crippen molar-refractivity contribution in [1.29, 1.82) is 0 Å². The van der Waals surface area contributed by atoms with Gasteiger partial charge in [0, 0.05) is 4.91 Å². The van der Waals surface area contributed by atoms with Gasteiger partial charge >= 0.3 is 5.97 Å². The zero-order valence-electron chi connectivity index (χ0n) is 13.5. The van der Waals surface area contributed by atoms with Crippen LogP contribution in [-0.4, -0.2) is 33.5 Å². The van der Waals surface area contributed by atoms with E-state index < -0.39 is 26.4 Å². The second-order valence-corrected chi connectivity index (χ2v) is 11.1. The second kappa shape index (κ2) is 8.41. The molecule has 0 bridgehead atoms. The minimum atomic E-state index is -1.94. The SMILES string of the molecule is COC(=O)[C@@H](O[Si](C)(C)C)[C@H](CC1CCCCC1)N=[N+]=[N-]. The minimum absolute atomic E-state index is 0.439. The van der Waals surface area contributed by atoms with Crippen molar-refractivity contribution >= 4 is 14.3 Å². The molecule has 6 nitrogen and oxygen atoms in total. The van der Waals surface area contributed by atoms with Crippen molar-refractivity contribution in [1.82, 2.24) is 0 Å². The molecule has 0 aliphatic heterocycles. The van der Waals surface area contributed by atoms with Crippen LogP contribution >= 0.6 is 0 Å². The van der Waals surface area contributed by atoms with Crippen LogP contribution in [0.2, 0.25) is 19.6 Å². The highest BCUT2D eigenvalue weighted by atomic mass is 28.4. The summed E-state index contributed by atoms with van der Waals surface area (Å²) < 4.78 is 10.8. The molecule has 0 N–H and O–H groups in total. The lowest BCUT2D eigenvalue weighted by molar-refractivity contribution is -0.150. The number of nitrogens with zero attached hydrogens (tertiary/aromatic N) is 3. The van der Waals surface area contributed by atoms with Crippen molar-refractivity contribution in [2.24, 2.45) is 11.0 Å². The molecule has 0 spiro atoms. The summed E-state index contributed by atoms with van der Waals surface area (Å²) >= 11 is 0. The van der Waals surface area contributed by atoms with Crippen molar-refractivity contribution < 1.29 is 14.0 Å². The summed E-state index contributed by atoms with van der Waals surface area (Å²) in [5.41, 5.74) is 8.83. The molecule has 1 fully saturated rings. The van der Waals surface area contributed by atoms with E-state index in [0.29, 0.717) is 12.3 Å². The van der Waals surface area contributed by atoms with Gasteiger partial charge in [-0.15, -0.1) is 0 Å². The van der Waals surface area contributed by atoms with Gasteiger partial charge in [-0.05, 0) is 37.5 Å². The van der Waals surface area contributed by atoms with E-state index in [0.717, 1.165) is 12.8 Å². The number of carbonyl (C=O) groups excluding carboxylic acids is 1. The predicted molar refractivity (Wildman–Crippen MR) is 84.4 cm³/mol. The van der Waals surface area contributed by atoms with Crippen LogP contribution in [0, 0.1) is 5.92 Å². The fourth-order valence-corrected chi connectivity index (χ4v) is 3.86. The molecule has 0 aromatic heterocycles. The zero-order chi connectivity index (χ0) is 15.9. The summed E-state index contributed by atoms with van der Waals surface area (Å²) in [6.07, 6.45) is 5.90. The molecule has 1 aliphatic rings. The lowest BCUT2D eigenvalue weighted by Gasteiger charge is -2.31. The van der Waals surface area contributed by atoms with E-state index in [1.165, 1.54) is 26.4 Å². The van der Waals surface area contributed by atoms with E-state index in [4.69, 9.17) is 14.7 Å². The van der Waals surface area contributed by atoms with Gasteiger partial charge in [0.15, 0.2) is 14.4 Å². The molecule has 0 aromatic rings. The summed E-state index contributed by atoms with van der Waals surface area (Å²) in [5.74, 6) is 0.0669. The molecule has 0 unspecified atom stereocenters. The number of azide groups is 1. The van der Waals surface area contributed by atoms with Crippen molar-refractivity contribution in [3.63, 3.8) is 0 Å². The molecule has 0 aromatic carbocycles. The Labute approximate surface area is 128 Å². The van der Waals surface area contributed by atoms with Crippen LogP contribution in [0.15, 0.2) is 5.11 Å². The Bertz CT molecular complexity index is 385. The van der Waals surface area contributed by atoms with Crippen LogP contribution in [0.1, 0.15) is 38.5 Å². The summed E-state index contributed by atoms with van der Waals surface area (Å²) in [6, 6.07) is -0.475. The van der Waals surface area contributed by atoms with Crippen molar-refractivity contribution in [3.05, 3.63) is 10.4 Å². The number of esters is 1. The third-order valence-corrected chi connectivity index (χ3v) is 4.72. The Morgan fingerprint density at radius 1 is 1.33 bits per heavy atom. The summed E-state index contributed by atoms with van der Waals surface area (Å²) in [7, 11) is -0.597. The molecular weight excluding hydrogens is 286 g/mol. The normalized spacial score (nSPS) is 19.4. The van der Waals surface area contributed by atoms with Crippen LogP contribution in [0.5, 0.6) is 0 Å². The number of carbonyl (C=O) groups is 1. The molecular formula is C14H27N3O3Si. The molecule has 1 aliphatic carbocycles. The fourth-order valence-electron chi connectivity index (χ4n) is 2.84. The summed E-state index contributed by atoms with van der Waals surface area (Å²) in [5, 5.41) is 3.85. The Morgan fingerprint density at radius 2 is 1.95 bits per heavy atom. The molecule has 0 radical (unpaired) electrons. The van der Waals surface area contributed by atoms with Crippen LogP contribution in [0.25, 0.3) is 10.4 Å². The number of rotatable bonds is 7. The highest BCUT2D eigenvalue weighted by Gasteiger charge is 2.35. The van der Waals surface area contributed by atoms with Gasteiger partial charge in [0.1, 0.15) is 0 Å². The smallest absolute Gasteiger partial charge is 0.334 e. The molecule has 21 heavy (non-hydrogen) atoms. The average Bonchev–Trinajstić information content (AvgIpc) is 2.44. The van der Waals surface area contributed by atoms with Gasteiger partial charge < -0.3 is 9.16 Å². The molecule has 120 valence electrons. The van der Waals surface area contributed by atoms with E-state index >= 15 is 0 Å². The minimum Gasteiger partial charge on any atom is -0.467 e. The van der Waals surface area contributed by atoms with Gasteiger partial charge in [0.25, 0.3) is 0 Å². The Hall–Kier alpha value is -1.04. The van der Waals surface area contributed by atoms with Gasteiger partial charge in [0.05, 0.1) is 13.2 Å². The van der Waals surface area contributed by atoms with E-state index in [2.05, 4.69) is 10.0 Å². The monoisotopic (exact) mass is 313 g/mol. The highest BCUT2D eigenvalue weighted by molar-refractivity contribution is 6.69. The first-order chi connectivity index (χ1) is 9.87. The van der Waals surface area contributed by atoms with Crippen molar-refractivity contribution in [2.75, 3.05) is 7.11 Å². The zero-order valence-corrected chi connectivity index (χ0v) is 14.5. The van der Waals surface area contributed by atoms with Gasteiger partial charge in [-0.1, -0.05) is 37.2 Å². The Kier molecular flexibility index (Phi) is 7.21. The predicted octanol–water partition coefficient (Wildman–Crippen LogP) is 4.03. The maximum Gasteiger partial charge on any atom is 0.334 e. The maximum absolute atomic E-state index is 12.0. The number of methoxy groups -OCH3 is 1. The molecule has 7 heteroatoms. The summed E-state index contributed by atoms with van der Waals surface area (Å²) in [6.45, 7) is 6.03. The first-order valence-corrected chi connectivity index (χ1v) is 11.1. The van der Waals surface area contributed by atoms with E-state index in [1.54, 1.807) is 0 Å². The largest absolute Gasteiger partial charge is 0.467 e. The number of ether oxygens (including phenoxy) is 1. The van der Waals surface area contributed by atoms with Crippen LogP contribution < -0.4 is 0 Å². The van der Waals surface area contributed by atoms with E-state index in [-0.39, 0.29) is 0 Å². The fraction of sp³-hybridized carbons (Fsp3) is 0.929. The molecule has 0 amide bonds. The lowest BCUT2D eigenvalue weighted by Crippen LogP contribution is -2.44.